The van der Waals surface area contributed by atoms with Crippen LogP contribution in [0, 0.1) is 0 Å². The topological polar surface area (TPSA) is 160 Å². The minimum atomic E-state index is -0.554. The molecule has 3 rings (SSSR count). The number of nitrogen functional groups attached to an aromatic ring is 1. The first-order valence-electron chi connectivity index (χ1n) is 6.66. The third kappa shape index (κ3) is 2.26. The van der Waals surface area contributed by atoms with Crippen LogP contribution < -0.4 is 11.1 Å². The number of nitrogens with two attached hydrogens (primary N) is 1. The van der Waals surface area contributed by atoms with Gasteiger partial charge in [-0.05, 0) is 5.53 Å². The molecule has 0 amide bonds. The summed E-state index contributed by atoms with van der Waals surface area (Å²) < 4.78 is 7.43. The Morgan fingerprint density at radius 2 is 2.45 bits per heavy atom. The third-order valence-corrected chi connectivity index (χ3v) is 3.57. The summed E-state index contributed by atoms with van der Waals surface area (Å²) in [6.07, 6.45) is 0.981. The third-order valence-electron chi connectivity index (χ3n) is 3.57. The highest BCUT2D eigenvalue weighted by Crippen LogP contribution is 2.33. The quantitative estimate of drug-likeness (QED) is 0.418. The molecule has 0 saturated carbocycles. The Kier molecular flexibility index (Phi) is 3.67. The van der Waals surface area contributed by atoms with E-state index in [1.54, 1.807) is 17.9 Å². The standard InChI is InChI=1S/C11H15N9O2/c1-14-9-8-10(17-11(12)16-9)20(4-15-8)7-2-5(18-19-13)6(3-21)22-7/h4-7,21H,2-3H2,1H3,(H3,12,14,16,17)/t5-,6+,7+/m0/s1. The number of aliphatic hydroxyl groups excluding tert-OH is 1. The van der Waals surface area contributed by atoms with Crippen LogP contribution in [-0.2, 0) is 4.74 Å². The van der Waals surface area contributed by atoms with Gasteiger partial charge >= 0.3 is 0 Å². The van der Waals surface area contributed by atoms with Gasteiger partial charge in [-0.15, -0.1) is 0 Å². The van der Waals surface area contributed by atoms with Gasteiger partial charge < -0.3 is 20.9 Å². The molecule has 2 aromatic heterocycles. The molecular weight excluding hydrogens is 290 g/mol. The van der Waals surface area contributed by atoms with Crippen molar-refractivity contribution in [3.05, 3.63) is 16.8 Å². The molecule has 11 nitrogen and oxygen atoms in total. The number of nitrogens with zero attached hydrogens (tertiary/aromatic N) is 7. The number of ether oxygens (including phenoxy) is 1. The number of rotatable bonds is 4. The van der Waals surface area contributed by atoms with Crippen LogP contribution in [0.25, 0.3) is 21.6 Å². The lowest BCUT2D eigenvalue weighted by Gasteiger charge is -2.14. The monoisotopic (exact) mass is 305 g/mol. The van der Waals surface area contributed by atoms with Gasteiger partial charge in [-0.25, -0.2) is 4.98 Å². The second-order valence-electron chi connectivity index (χ2n) is 4.82. The van der Waals surface area contributed by atoms with E-state index in [1.807, 2.05) is 0 Å². The van der Waals surface area contributed by atoms with Crippen molar-refractivity contribution in [2.24, 2.45) is 5.11 Å². The van der Waals surface area contributed by atoms with E-state index in [0.717, 1.165) is 0 Å². The lowest BCUT2D eigenvalue weighted by atomic mass is 10.1. The van der Waals surface area contributed by atoms with E-state index in [0.29, 0.717) is 23.4 Å². The molecule has 0 radical (unpaired) electrons. The SMILES string of the molecule is CNc1nc(N)nc2c1ncn2[C@H]1C[C@H](N=[N+]=[N-])[C@@H](CO)O1. The largest absolute Gasteiger partial charge is 0.394 e. The predicted molar refractivity (Wildman–Crippen MR) is 77.8 cm³/mol. The van der Waals surface area contributed by atoms with Crippen LogP contribution in [0.15, 0.2) is 11.4 Å². The van der Waals surface area contributed by atoms with E-state index in [2.05, 4.69) is 30.3 Å². The van der Waals surface area contributed by atoms with E-state index in [1.165, 1.54) is 0 Å². The first-order valence-corrected chi connectivity index (χ1v) is 6.66. The van der Waals surface area contributed by atoms with Gasteiger partial charge in [-0.1, -0.05) is 5.11 Å². The summed E-state index contributed by atoms with van der Waals surface area (Å²) >= 11 is 0. The maximum Gasteiger partial charge on any atom is 0.224 e. The summed E-state index contributed by atoms with van der Waals surface area (Å²) in [6.45, 7) is -0.230. The number of fused-ring (bicyclic) bond motifs is 1. The molecule has 1 fully saturated rings. The van der Waals surface area contributed by atoms with Crippen LogP contribution >= 0.6 is 0 Å². The smallest absolute Gasteiger partial charge is 0.224 e. The number of aromatic nitrogens is 4. The second-order valence-corrected chi connectivity index (χ2v) is 4.82. The van der Waals surface area contributed by atoms with Crippen LogP contribution in [-0.4, -0.2) is 50.4 Å². The molecular formula is C11H15N9O2. The first-order chi connectivity index (χ1) is 10.7. The Balaban J connectivity index is 2.01. The molecule has 1 aliphatic heterocycles. The lowest BCUT2D eigenvalue weighted by molar-refractivity contribution is -0.0232. The molecule has 1 aliphatic rings. The summed E-state index contributed by atoms with van der Waals surface area (Å²) in [7, 11) is 1.71. The Bertz CT molecular complexity index is 738. The molecule has 0 aliphatic carbocycles. The summed E-state index contributed by atoms with van der Waals surface area (Å²) in [4.78, 5) is 15.3. The van der Waals surface area contributed by atoms with E-state index in [-0.39, 0.29) is 12.6 Å². The maximum absolute atomic E-state index is 9.33. The zero-order chi connectivity index (χ0) is 15.7. The average Bonchev–Trinajstić information content (AvgIpc) is 3.10. The Labute approximate surface area is 124 Å². The maximum atomic E-state index is 9.33. The zero-order valence-electron chi connectivity index (χ0n) is 11.8. The van der Waals surface area contributed by atoms with E-state index in [9.17, 15) is 5.11 Å². The highest BCUT2D eigenvalue weighted by Gasteiger charge is 2.36. The summed E-state index contributed by atoms with van der Waals surface area (Å²) in [5.74, 6) is 0.631. The normalized spacial score (nSPS) is 24.4. The fourth-order valence-corrected chi connectivity index (χ4v) is 2.56. The number of imidazole rings is 1. The van der Waals surface area contributed by atoms with E-state index >= 15 is 0 Å². The van der Waals surface area contributed by atoms with Crippen molar-refractivity contribution in [1.29, 1.82) is 0 Å². The first kappa shape index (κ1) is 14.3. The fraction of sp³-hybridized carbons (Fsp3) is 0.545. The van der Waals surface area contributed by atoms with Gasteiger partial charge in [0.15, 0.2) is 17.0 Å². The number of anilines is 2. The number of nitrogens with one attached hydrogen (secondary N) is 1. The summed E-state index contributed by atoms with van der Waals surface area (Å²) in [6, 6.07) is -0.444. The van der Waals surface area contributed by atoms with E-state index in [4.69, 9.17) is 16.0 Å². The van der Waals surface area contributed by atoms with Gasteiger partial charge in [0.2, 0.25) is 5.95 Å². The molecule has 0 unspecified atom stereocenters. The van der Waals surface area contributed by atoms with E-state index < -0.39 is 18.4 Å². The molecule has 22 heavy (non-hydrogen) atoms. The molecule has 0 bridgehead atoms. The molecule has 3 atom stereocenters. The molecule has 0 aromatic carbocycles. The van der Waals surface area contributed by atoms with Gasteiger partial charge in [0.25, 0.3) is 0 Å². The molecule has 116 valence electrons. The van der Waals surface area contributed by atoms with Crippen molar-refractivity contribution in [1.82, 2.24) is 19.5 Å². The number of hydrogen-bond acceptors (Lipinski definition) is 8. The summed E-state index contributed by atoms with van der Waals surface area (Å²) in [5, 5.41) is 15.9. The molecule has 0 spiro atoms. The molecule has 2 aromatic rings. The minimum absolute atomic E-state index is 0.113. The van der Waals surface area contributed by atoms with Crippen molar-refractivity contribution in [3.8, 4) is 0 Å². The van der Waals surface area contributed by atoms with Gasteiger partial charge in [0, 0.05) is 18.4 Å². The minimum Gasteiger partial charge on any atom is -0.394 e. The van der Waals surface area contributed by atoms with Crippen LogP contribution in [0.2, 0.25) is 0 Å². The van der Waals surface area contributed by atoms with Crippen molar-refractivity contribution in [2.75, 3.05) is 24.7 Å². The highest BCUT2D eigenvalue weighted by molar-refractivity contribution is 5.84. The molecule has 11 heteroatoms. The highest BCUT2D eigenvalue weighted by atomic mass is 16.5. The number of azide groups is 1. The van der Waals surface area contributed by atoms with Crippen molar-refractivity contribution >= 4 is 22.9 Å². The van der Waals surface area contributed by atoms with Crippen LogP contribution in [0.1, 0.15) is 12.6 Å². The zero-order valence-corrected chi connectivity index (χ0v) is 11.8. The number of aliphatic hydroxyl groups is 1. The van der Waals surface area contributed by atoms with Crippen LogP contribution in [0.4, 0.5) is 11.8 Å². The Morgan fingerprint density at radius 1 is 1.64 bits per heavy atom. The van der Waals surface area contributed by atoms with Gasteiger partial charge in [-0.3, -0.25) is 4.57 Å². The second kappa shape index (κ2) is 5.64. The lowest BCUT2D eigenvalue weighted by Crippen LogP contribution is -2.22. The Morgan fingerprint density at radius 3 is 3.14 bits per heavy atom. The van der Waals surface area contributed by atoms with Crippen molar-refractivity contribution < 1.29 is 9.84 Å². The average molecular weight is 305 g/mol. The van der Waals surface area contributed by atoms with Gasteiger partial charge in [0.1, 0.15) is 6.23 Å². The molecule has 1 saturated heterocycles. The summed E-state index contributed by atoms with van der Waals surface area (Å²) in [5.41, 5.74) is 15.4. The predicted octanol–water partition coefficient (Wildman–Crippen LogP) is 0.409. The van der Waals surface area contributed by atoms with Crippen molar-refractivity contribution in [3.63, 3.8) is 0 Å². The van der Waals surface area contributed by atoms with Crippen molar-refractivity contribution in [2.45, 2.75) is 24.8 Å². The molecule has 4 N–H and O–H groups in total. The van der Waals surface area contributed by atoms with Gasteiger partial charge in [-0.2, -0.15) is 9.97 Å². The van der Waals surface area contributed by atoms with Crippen LogP contribution in [0.3, 0.4) is 0 Å². The fourth-order valence-electron chi connectivity index (χ4n) is 2.56. The van der Waals surface area contributed by atoms with Gasteiger partial charge in [0.05, 0.1) is 25.1 Å². The molecule has 3 heterocycles. The number of hydrogen-bond donors (Lipinski definition) is 3. The Hall–Kier alpha value is -2.62. The van der Waals surface area contributed by atoms with Crippen LogP contribution in [0.5, 0.6) is 0 Å².